The molecule has 0 aliphatic carbocycles. The Morgan fingerprint density at radius 3 is 2.74 bits per heavy atom. The monoisotopic (exact) mass is 497 g/mol. The van der Waals surface area contributed by atoms with Gasteiger partial charge in [0.1, 0.15) is 18.2 Å². The van der Waals surface area contributed by atoms with Gasteiger partial charge in [-0.15, -0.1) is 5.10 Å². The minimum atomic E-state index is -0.587. The largest absolute Gasteiger partial charge is 0.493 e. The van der Waals surface area contributed by atoms with Gasteiger partial charge in [0.2, 0.25) is 0 Å². The van der Waals surface area contributed by atoms with Gasteiger partial charge >= 0.3 is 0 Å². The van der Waals surface area contributed by atoms with E-state index in [4.69, 9.17) is 32.7 Å². The molecule has 0 spiro atoms. The SMILES string of the molecule is COc1cc(C=NNC(=O)C(C)n2nnc3ccccc32)ccc1OCc1ccc(Cl)c(Cl)c1. The van der Waals surface area contributed by atoms with Gasteiger partial charge in [-0.2, -0.15) is 5.10 Å². The molecule has 0 fully saturated rings. The van der Waals surface area contributed by atoms with E-state index >= 15 is 0 Å². The summed E-state index contributed by atoms with van der Waals surface area (Å²) in [5.74, 6) is 0.764. The molecule has 34 heavy (non-hydrogen) atoms. The van der Waals surface area contributed by atoms with Crippen molar-refractivity contribution in [2.45, 2.75) is 19.6 Å². The number of nitrogens with zero attached hydrogens (tertiary/aromatic N) is 4. The van der Waals surface area contributed by atoms with Gasteiger partial charge in [0, 0.05) is 0 Å². The summed E-state index contributed by atoms with van der Waals surface area (Å²) in [6, 6.07) is 17.5. The van der Waals surface area contributed by atoms with Gasteiger partial charge in [-0.25, -0.2) is 10.1 Å². The number of methoxy groups -OCH3 is 1. The number of carbonyl (C=O) groups is 1. The Bertz CT molecular complexity index is 1360. The van der Waals surface area contributed by atoms with E-state index < -0.39 is 6.04 Å². The fourth-order valence-electron chi connectivity index (χ4n) is 3.22. The molecule has 3 aromatic carbocycles. The molecule has 0 bridgehead atoms. The summed E-state index contributed by atoms with van der Waals surface area (Å²) < 4.78 is 12.8. The first kappa shape index (κ1) is 23.5. The van der Waals surface area contributed by atoms with Gasteiger partial charge in [0.15, 0.2) is 11.5 Å². The highest BCUT2D eigenvalue weighted by molar-refractivity contribution is 6.42. The van der Waals surface area contributed by atoms with Gasteiger partial charge in [-0.1, -0.05) is 46.6 Å². The van der Waals surface area contributed by atoms with Crippen LogP contribution in [0.5, 0.6) is 11.5 Å². The molecule has 1 aromatic heterocycles. The number of hydrogen-bond donors (Lipinski definition) is 1. The smallest absolute Gasteiger partial charge is 0.264 e. The standard InChI is InChI=1S/C24H21Cl2N5O3/c1-15(31-21-6-4-3-5-20(21)28-30-31)24(32)29-27-13-16-8-10-22(23(12-16)33-2)34-14-17-7-9-18(25)19(26)11-17/h3-13,15H,14H2,1-2H3,(H,29,32). The Morgan fingerprint density at radius 1 is 1.12 bits per heavy atom. The zero-order valence-corrected chi connectivity index (χ0v) is 19.9. The van der Waals surface area contributed by atoms with E-state index in [9.17, 15) is 4.79 Å². The normalized spacial score (nSPS) is 12.1. The molecule has 8 nitrogen and oxygen atoms in total. The number of para-hydroxylation sites is 1. The number of amides is 1. The minimum absolute atomic E-state index is 0.297. The van der Waals surface area contributed by atoms with E-state index in [1.807, 2.05) is 30.3 Å². The molecule has 1 amide bonds. The molecule has 0 aliphatic heterocycles. The van der Waals surface area contributed by atoms with Crippen LogP contribution in [-0.4, -0.2) is 34.2 Å². The van der Waals surface area contributed by atoms with Gasteiger partial charge in [-0.05, 0) is 60.5 Å². The molecule has 0 aliphatic rings. The third kappa shape index (κ3) is 5.30. The molecule has 10 heteroatoms. The van der Waals surface area contributed by atoms with Crippen LogP contribution >= 0.6 is 23.2 Å². The maximum atomic E-state index is 12.5. The molecule has 1 unspecified atom stereocenters. The zero-order valence-electron chi connectivity index (χ0n) is 18.4. The number of halogens is 2. The number of carbonyl (C=O) groups excluding carboxylic acids is 1. The van der Waals surface area contributed by atoms with Gasteiger partial charge in [0.25, 0.3) is 5.91 Å². The van der Waals surface area contributed by atoms with E-state index in [2.05, 4.69) is 20.8 Å². The van der Waals surface area contributed by atoms with Crippen LogP contribution in [-0.2, 0) is 11.4 Å². The van der Waals surface area contributed by atoms with Crippen LogP contribution in [0.4, 0.5) is 0 Å². The summed E-state index contributed by atoms with van der Waals surface area (Å²) in [7, 11) is 1.55. The highest BCUT2D eigenvalue weighted by Crippen LogP contribution is 2.29. The number of nitrogens with one attached hydrogen (secondary N) is 1. The van der Waals surface area contributed by atoms with Crippen LogP contribution in [0, 0.1) is 0 Å². The van der Waals surface area contributed by atoms with Crippen molar-refractivity contribution < 1.29 is 14.3 Å². The predicted molar refractivity (Wildman–Crippen MR) is 132 cm³/mol. The Hall–Kier alpha value is -3.62. The van der Waals surface area contributed by atoms with E-state index in [1.54, 1.807) is 49.0 Å². The van der Waals surface area contributed by atoms with Crippen molar-refractivity contribution in [2.75, 3.05) is 7.11 Å². The summed E-state index contributed by atoms with van der Waals surface area (Å²) in [5.41, 5.74) is 5.63. The first-order chi connectivity index (χ1) is 16.5. The molecule has 0 saturated heterocycles. The summed E-state index contributed by atoms with van der Waals surface area (Å²) in [6.07, 6.45) is 1.52. The number of ether oxygens (including phenoxy) is 2. The summed E-state index contributed by atoms with van der Waals surface area (Å²) in [6.45, 7) is 2.03. The van der Waals surface area contributed by atoms with Gasteiger partial charge in [-0.3, -0.25) is 4.79 Å². The molecule has 174 valence electrons. The molecule has 1 atom stereocenters. The van der Waals surface area contributed by atoms with Crippen LogP contribution in [0.3, 0.4) is 0 Å². The van der Waals surface area contributed by atoms with Gasteiger partial charge < -0.3 is 9.47 Å². The molecule has 1 N–H and O–H groups in total. The average Bonchev–Trinajstić information content (AvgIpc) is 3.28. The zero-order chi connectivity index (χ0) is 24.1. The maximum Gasteiger partial charge on any atom is 0.264 e. The van der Waals surface area contributed by atoms with E-state index in [0.29, 0.717) is 28.2 Å². The predicted octanol–water partition coefficient (Wildman–Crippen LogP) is 5.04. The van der Waals surface area contributed by atoms with Crippen molar-refractivity contribution in [3.05, 3.63) is 81.8 Å². The number of hydrazone groups is 1. The van der Waals surface area contributed by atoms with Crippen molar-refractivity contribution in [3.63, 3.8) is 0 Å². The third-order valence-electron chi connectivity index (χ3n) is 5.08. The molecule has 0 radical (unpaired) electrons. The summed E-state index contributed by atoms with van der Waals surface area (Å²) >= 11 is 12.0. The minimum Gasteiger partial charge on any atom is -0.493 e. The fraction of sp³-hybridized carbons (Fsp3) is 0.167. The second-order valence-electron chi connectivity index (χ2n) is 7.38. The van der Waals surface area contributed by atoms with E-state index in [-0.39, 0.29) is 5.91 Å². The van der Waals surface area contributed by atoms with E-state index in [0.717, 1.165) is 22.2 Å². The highest BCUT2D eigenvalue weighted by Gasteiger charge is 2.18. The van der Waals surface area contributed by atoms with Crippen LogP contribution in [0.15, 0.2) is 65.8 Å². The fourth-order valence-corrected chi connectivity index (χ4v) is 3.54. The molecule has 4 rings (SSSR count). The molecule has 4 aromatic rings. The quantitative estimate of drug-likeness (QED) is 0.272. The lowest BCUT2D eigenvalue weighted by Crippen LogP contribution is -2.28. The van der Waals surface area contributed by atoms with Crippen molar-refractivity contribution in [1.29, 1.82) is 0 Å². The van der Waals surface area contributed by atoms with Crippen LogP contribution in [0.1, 0.15) is 24.1 Å². The van der Waals surface area contributed by atoms with Crippen molar-refractivity contribution >= 4 is 46.4 Å². The average molecular weight is 498 g/mol. The Balaban J connectivity index is 1.38. The van der Waals surface area contributed by atoms with Crippen molar-refractivity contribution in [2.24, 2.45) is 5.10 Å². The first-order valence-electron chi connectivity index (χ1n) is 10.3. The summed E-state index contributed by atoms with van der Waals surface area (Å²) in [4.78, 5) is 12.5. The summed E-state index contributed by atoms with van der Waals surface area (Å²) in [5, 5.41) is 13.2. The second kappa shape index (κ2) is 10.5. The Morgan fingerprint density at radius 2 is 1.94 bits per heavy atom. The van der Waals surface area contributed by atoms with Crippen LogP contribution in [0.2, 0.25) is 10.0 Å². The number of benzene rings is 3. The topological polar surface area (TPSA) is 90.6 Å². The van der Waals surface area contributed by atoms with Crippen LogP contribution < -0.4 is 14.9 Å². The number of fused-ring (bicyclic) bond motifs is 1. The van der Waals surface area contributed by atoms with E-state index in [1.165, 1.54) is 6.21 Å². The number of rotatable bonds is 8. The molecule has 0 saturated carbocycles. The number of aromatic nitrogens is 3. The third-order valence-corrected chi connectivity index (χ3v) is 5.82. The van der Waals surface area contributed by atoms with Crippen molar-refractivity contribution in [3.8, 4) is 11.5 Å². The van der Waals surface area contributed by atoms with Crippen molar-refractivity contribution in [1.82, 2.24) is 20.4 Å². The maximum absolute atomic E-state index is 12.5. The lowest BCUT2D eigenvalue weighted by atomic mass is 10.2. The Kier molecular flexibility index (Phi) is 7.30. The highest BCUT2D eigenvalue weighted by atomic mass is 35.5. The Labute approximate surface area is 206 Å². The first-order valence-corrected chi connectivity index (χ1v) is 11.1. The molecule has 1 heterocycles. The molecular weight excluding hydrogens is 477 g/mol. The van der Waals surface area contributed by atoms with Gasteiger partial charge in [0.05, 0.1) is 28.9 Å². The lowest BCUT2D eigenvalue weighted by Gasteiger charge is -2.12. The van der Waals surface area contributed by atoms with Crippen LogP contribution in [0.25, 0.3) is 11.0 Å². The second-order valence-corrected chi connectivity index (χ2v) is 8.19. The number of hydrogen-bond acceptors (Lipinski definition) is 6. The lowest BCUT2D eigenvalue weighted by molar-refractivity contribution is -0.124. The molecular formula is C24H21Cl2N5O3.